The maximum atomic E-state index is 4.53. The molecule has 0 amide bonds. The predicted octanol–water partition coefficient (Wildman–Crippen LogP) is 9.24. The molecule has 2 heteroatoms. The molecule has 0 fully saturated rings. The van der Waals surface area contributed by atoms with Crippen molar-refractivity contribution < 1.29 is 0 Å². The van der Waals surface area contributed by atoms with E-state index in [9.17, 15) is 0 Å². The van der Waals surface area contributed by atoms with Crippen molar-refractivity contribution in [3.05, 3.63) is 131 Å². The van der Waals surface area contributed by atoms with Crippen LogP contribution in [0.15, 0.2) is 104 Å². The number of allylic oxidation sites excluding steroid dienone is 3. The number of rotatable bonds is 5. The van der Waals surface area contributed by atoms with E-state index in [2.05, 4.69) is 122 Å². The summed E-state index contributed by atoms with van der Waals surface area (Å²) in [5, 5.41) is 5.76. The Bertz CT molecular complexity index is 2070. The van der Waals surface area contributed by atoms with Crippen LogP contribution in [0.25, 0.3) is 72.6 Å². The van der Waals surface area contributed by atoms with Crippen molar-refractivity contribution in [1.29, 1.82) is 0 Å². The molecule has 4 aromatic carbocycles. The van der Waals surface area contributed by atoms with Crippen LogP contribution >= 0.6 is 11.3 Å². The van der Waals surface area contributed by atoms with Gasteiger partial charge in [0.1, 0.15) is 0 Å². The van der Waals surface area contributed by atoms with Gasteiger partial charge in [0.15, 0.2) is 0 Å². The molecule has 6 aromatic rings. The lowest BCUT2D eigenvalue weighted by atomic mass is 9.94. The molecule has 188 valence electrons. The summed E-state index contributed by atoms with van der Waals surface area (Å²) < 4.78 is 2.60. The van der Waals surface area contributed by atoms with Crippen molar-refractivity contribution in [3.8, 4) is 11.1 Å². The Kier molecular flexibility index (Phi) is 6.56. The van der Waals surface area contributed by atoms with Crippen molar-refractivity contribution in [3.63, 3.8) is 0 Å². The van der Waals surface area contributed by atoms with E-state index in [1.165, 1.54) is 48.0 Å². The summed E-state index contributed by atoms with van der Waals surface area (Å²) in [6.07, 6.45) is 12.3. The Labute approximate surface area is 233 Å². The normalized spacial score (nSPS) is 12.8. The molecule has 6 rings (SSSR count). The zero-order chi connectivity index (χ0) is 26.9. The summed E-state index contributed by atoms with van der Waals surface area (Å²) >= 11 is 1.85. The molecule has 2 aromatic heterocycles. The number of benzene rings is 4. The van der Waals surface area contributed by atoms with Crippen molar-refractivity contribution >= 4 is 72.8 Å². The van der Waals surface area contributed by atoms with Crippen molar-refractivity contribution in [2.24, 2.45) is 0 Å². The topological polar surface area (TPSA) is 12.9 Å². The highest BCUT2D eigenvalue weighted by atomic mass is 32.1. The number of fused-ring (bicyclic) bond motifs is 4. The average Bonchev–Trinajstić information content (AvgIpc) is 3.35. The maximum Gasteiger partial charge on any atom is 0.0774 e. The number of aromatic nitrogens is 1. The van der Waals surface area contributed by atoms with E-state index in [1.54, 1.807) is 0 Å². The Morgan fingerprint density at radius 1 is 0.897 bits per heavy atom. The van der Waals surface area contributed by atoms with E-state index in [0.717, 1.165) is 26.9 Å². The van der Waals surface area contributed by atoms with Gasteiger partial charge in [0, 0.05) is 37.0 Å². The van der Waals surface area contributed by atoms with E-state index >= 15 is 0 Å². The monoisotopic (exact) mass is 519 g/mol. The molecule has 0 aliphatic heterocycles. The molecule has 1 nitrogen and oxygen atoms in total. The molecule has 0 bridgehead atoms. The van der Waals surface area contributed by atoms with E-state index < -0.39 is 0 Å². The zero-order valence-electron chi connectivity index (χ0n) is 22.2. The first-order chi connectivity index (χ1) is 19.1. The summed E-state index contributed by atoms with van der Waals surface area (Å²) in [7, 11) is 0. The molecule has 0 aliphatic rings. The smallest absolute Gasteiger partial charge is 0.0774 e. The Morgan fingerprint density at radius 2 is 1.79 bits per heavy atom. The molecule has 0 radical (unpaired) electrons. The molecule has 0 N–H and O–H groups in total. The number of thiophene rings is 1. The highest BCUT2D eigenvalue weighted by Crippen LogP contribution is 2.41. The van der Waals surface area contributed by atoms with E-state index in [1.807, 2.05) is 36.6 Å². The predicted molar refractivity (Wildman–Crippen MR) is 174 cm³/mol. The number of hydrogen-bond donors (Lipinski definition) is 0. The fraction of sp³-hybridized carbons (Fsp3) is 0.0541. The fourth-order valence-corrected chi connectivity index (χ4v) is 6.36. The van der Waals surface area contributed by atoms with Crippen LogP contribution in [-0.4, -0.2) is 4.98 Å². The largest absolute Gasteiger partial charge is 0.256 e. The molecule has 0 saturated carbocycles. The van der Waals surface area contributed by atoms with Gasteiger partial charge in [-0.2, -0.15) is 0 Å². The first kappa shape index (κ1) is 24.8. The van der Waals surface area contributed by atoms with E-state index in [4.69, 9.17) is 0 Å². The second kappa shape index (κ2) is 10.3. The minimum absolute atomic E-state index is 0.953. The number of pyridine rings is 1. The Hall–Kier alpha value is -4.53. The van der Waals surface area contributed by atoms with Gasteiger partial charge in [-0.1, -0.05) is 92.1 Å². The highest BCUT2D eigenvalue weighted by molar-refractivity contribution is 7.25. The third-order valence-corrected chi connectivity index (χ3v) is 8.48. The minimum Gasteiger partial charge on any atom is -0.256 e. The second-order valence-electron chi connectivity index (χ2n) is 9.76. The van der Waals surface area contributed by atoms with Gasteiger partial charge in [0.05, 0.1) is 5.52 Å². The molecule has 2 heterocycles. The lowest BCUT2D eigenvalue weighted by Crippen LogP contribution is -2.23. The van der Waals surface area contributed by atoms with Gasteiger partial charge in [-0.3, -0.25) is 4.98 Å². The maximum absolute atomic E-state index is 4.53. The average molecular weight is 520 g/mol. The Morgan fingerprint density at radius 3 is 2.64 bits per heavy atom. The molecule has 0 unspecified atom stereocenters. The van der Waals surface area contributed by atoms with Crippen LogP contribution < -0.4 is 10.4 Å². The summed E-state index contributed by atoms with van der Waals surface area (Å²) in [6, 6.07) is 28.4. The lowest BCUT2D eigenvalue weighted by Gasteiger charge is -2.09. The van der Waals surface area contributed by atoms with Crippen LogP contribution in [-0.2, 0) is 0 Å². The van der Waals surface area contributed by atoms with Gasteiger partial charge in [-0.05, 0) is 82.8 Å². The molecule has 39 heavy (non-hydrogen) atoms. The van der Waals surface area contributed by atoms with Crippen LogP contribution in [0.3, 0.4) is 0 Å². The number of nitrogens with zero attached hydrogens (tertiary/aromatic N) is 1. The van der Waals surface area contributed by atoms with Gasteiger partial charge in [0.2, 0.25) is 0 Å². The van der Waals surface area contributed by atoms with Crippen LogP contribution in [0.5, 0.6) is 0 Å². The molecule has 0 aliphatic carbocycles. The first-order valence-corrected chi connectivity index (χ1v) is 14.0. The lowest BCUT2D eigenvalue weighted by molar-refractivity contribution is 1.38. The third kappa shape index (κ3) is 4.54. The van der Waals surface area contributed by atoms with Crippen molar-refractivity contribution in [2.45, 2.75) is 13.8 Å². The standard InChI is InChI=1S/C37H29NS/c1-5-9-28-16-18-31(22-26(28)6-2)32-11-7-12-35-36(32)33-23-30(19-20-34(33)39-35)24(3)13-14-27-15-17-29-10-8-21-38-37(29)25(27)4/h5-23H,2,4H2,1,3H3/b9-5-,24-13+,27-14-. The first-order valence-electron chi connectivity index (χ1n) is 13.1. The van der Waals surface area contributed by atoms with E-state index in [0.29, 0.717) is 0 Å². The van der Waals surface area contributed by atoms with Crippen molar-refractivity contribution in [2.75, 3.05) is 0 Å². The molecule has 0 atom stereocenters. The number of hydrogen-bond acceptors (Lipinski definition) is 2. The molecular formula is C37H29NS. The quantitative estimate of drug-likeness (QED) is 0.221. The third-order valence-electron chi connectivity index (χ3n) is 7.34. The van der Waals surface area contributed by atoms with Gasteiger partial charge >= 0.3 is 0 Å². The van der Waals surface area contributed by atoms with Crippen LogP contribution in [0.1, 0.15) is 30.5 Å². The van der Waals surface area contributed by atoms with Gasteiger partial charge in [-0.25, -0.2) is 0 Å². The van der Waals surface area contributed by atoms with Gasteiger partial charge < -0.3 is 0 Å². The zero-order valence-corrected chi connectivity index (χ0v) is 23.1. The summed E-state index contributed by atoms with van der Waals surface area (Å²) in [5.41, 5.74) is 8.17. The van der Waals surface area contributed by atoms with Gasteiger partial charge in [-0.15, -0.1) is 11.3 Å². The molecule has 0 saturated heterocycles. The molecular weight excluding hydrogens is 490 g/mol. The van der Waals surface area contributed by atoms with Crippen LogP contribution in [0.4, 0.5) is 0 Å². The highest BCUT2D eigenvalue weighted by Gasteiger charge is 2.13. The van der Waals surface area contributed by atoms with E-state index in [-0.39, 0.29) is 0 Å². The van der Waals surface area contributed by atoms with Crippen LogP contribution in [0, 0.1) is 0 Å². The van der Waals surface area contributed by atoms with Gasteiger partial charge in [0.25, 0.3) is 0 Å². The van der Waals surface area contributed by atoms with Crippen LogP contribution in [0.2, 0.25) is 0 Å². The SMILES string of the molecule is C=Cc1cc(-c2cccc3sc4ccc(/C(C)=C/C=c5/ccc6cccnc6c5=C)cc4c23)ccc1/C=C\C. The Balaban J connectivity index is 1.47. The summed E-state index contributed by atoms with van der Waals surface area (Å²) in [6.45, 7) is 12.6. The summed E-state index contributed by atoms with van der Waals surface area (Å²) in [4.78, 5) is 4.53. The molecule has 0 spiro atoms. The minimum atomic E-state index is 0.953. The fourth-order valence-electron chi connectivity index (χ4n) is 5.25. The van der Waals surface area contributed by atoms with Crippen molar-refractivity contribution in [1.82, 2.24) is 4.98 Å². The second-order valence-corrected chi connectivity index (χ2v) is 10.8. The summed E-state index contributed by atoms with van der Waals surface area (Å²) in [5.74, 6) is 0.